The van der Waals surface area contributed by atoms with Crippen molar-refractivity contribution in [2.24, 2.45) is 5.92 Å². The molecule has 7 heteroatoms. The molecule has 1 saturated carbocycles. The van der Waals surface area contributed by atoms with Crippen molar-refractivity contribution in [1.29, 1.82) is 0 Å². The molecule has 2 unspecified atom stereocenters. The van der Waals surface area contributed by atoms with Gasteiger partial charge in [-0.05, 0) is 42.2 Å². The summed E-state index contributed by atoms with van der Waals surface area (Å²) in [7, 11) is 0. The molecule has 29 heavy (non-hydrogen) atoms. The van der Waals surface area contributed by atoms with Crippen molar-refractivity contribution in [2.75, 3.05) is 37.6 Å². The Morgan fingerprint density at radius 2 is 1.76 bits per heavy atom. The Balaban J connectivity index is 1.23. The first-order chi connectivity index (χ1) is 14.0. The second-order valence-electron chi connectivity index (χ2n) is 7.54. The van der Waals surface area contributed by atoms with Crippen LogP contribution in [0.2, 0.25) is 10.0 Å². The van der Waals surface area contributed by atoms with Gasteiger partial charge in [0.1, 0.15) is 0 Å². The Kier molecular flexibility index (Phi) is 5.97. The minimum atomic E-state index is -0.0950. The van der Waals surface area contributed by atoms with E-state index in [9.17, 15) is 9.59 Å². The van der Waals surface area contributed by atoms with Crippen LogP contribution in [0.1, 0.15) is 17.9 Å². The fourth-order valence-corrected chi connectivity index (χ4v) is 4.36. The maximum absolute atomic E-state index is 12.5. The van der Waals surface area contributed by atoms with E-state index in [2.05, 4.69) is 10.2 Å². The first kappa shape index (κ1) is 20.0. The lowest BCUT2D eigenvalue weighted by atomic mass is 10.1. The van der Waals surface area contributed by atoms with Crippen LogP contribution >= 0.6 is 23.2 Å². The molecular formula is C22H23Cl2N3O2. The lowest BCUT2D eigenvalue weighted by molar-refractivity contribution is -0.133. The van der Waals surface area contributed by atoms with Crippen molar-refractivity contribution in [3.8, 4) is 0 Å². The molecule has 1 aliphatic carbocycles. The first-order valence-corrected chi connectivity index (χ1v) is 10.6. The van der Waals surface area contributed by atoms with Gasteiger partial charge in [-0.3, -0.25) is 9.59 Å². The molecule has 2 fully saturated rings. The number of carbonyl (C=O) groups excluding carboxylic acids is 2. The Labute approximate surface area is 180 Å². The number of anilines is 1. The summed E-state index contributed by atoms with van der Waals surface area (Å²) in [6.07, 6.45) is 0.780. The highest BCUT2D eigenvalue weighted by Gasteiger charge is 2.44. The normalized spacial score (nSPS) is 21.0. The molecule has 152 valence electrons. The lowest BCUT2D eigenvalue weighted by Crippen LogP contribution is -2.51. The zero-order chi connectivity index (χ0) is 20.4. The van der Waals surface area contributed by atoms with Crippen molar-refractivity contribution >= 4 is 40.7 Å². The molecule has 1 N–H and O–H groups in total. The van der Waals surface area contributed by atoms with Crippen LogP contribution in [0, 0.1) is 5.92 Å². The molecule has 2 aromatic carbocycles. The number of carbonyl (C=O) groups is 2. The average molecular weight is 432 g/mol. The second-order valence-corrected chi connectivity index (χ2v) is 8.38. The van der Waals surface area contributed by atoms with Crippen LogP contribution in [0.4, 0.5) is 5.69 Å². The average Bonchev–Trinajstić information content (AvgIpc) is 3.53. The quantitative estimate of drug-likeness (QED) is 0.786. The van der Waals surface area contributed by atoms with Crippen LogP contribution in [-0.4, -0.2) is 49.4 Å². The van der Waals surface area contributed by atoms with E-state index < -0.39 is 0 Å². The molecule has 4 rings (SSSR count). The molecule has 2 aromatic rings. The predicted octanol–water partition coefficient (Wildman–Crippen LogP) is 3.56. The van der Waals surface area contributed by atoms with Crippen molar-refractivity contribution in [3.63, 3.8) is 0 Å². The maximum Gasteiger partial charge on any atom is 0.242 e. The monoisotopic (exact) mass is 431 g/mol. The van der Waals surface area contributed by atoms with E-state index in [0.717, 1.165) is 30.8 Å². The molecule has 0 bridgehead atoms. The fourth-order valence-electron chi connectivity index (χ4n) is 3.90. The molecule has 5 nitrogen and oxygen atoms in total. The number of rotatable bonds is 5. The Hall–Kier alpha value is -2.24. The van der Waals surface area contributed by atoms with Gasteiger partial charge in [0.15, 0.2) is 0 Å². The van der Waals surface area contributed by atoms with Crippen molar-refractivity contribution in [2.45, 2.75) is 12.3 Å². The largest absolute Gasteiger partial charge is 0.368 e. The zero-order valence-electron chi connectivity index (χ0n) is 16.0. The molecule has 2 aliphatic rings. The molecule has 2 atom stereocenters. The molecule has 2 amide bonds. The van der Waals surface area contributed by atoms with Crippen LogP contribution in [0.3, 0.4) is 0 Å². The molecule has 0 radical (unpaired) electrons. The van der Waals surface area contributed by atoms with E-state index in [-0.39, 0.29) is 30.2 Å². The summed E-state index contributed by atoms with van der Waals surface area (Å²) in [6.45, 7) is 2.80. The van der Waals surface area contributed by atoms with E-state index in [1.165, 1.54) is 0 Å². The summed E-state index contributed by atoms with van der Waals surface area (Å²) in [4.78, 5) is 28.9. The summed E-state index contributed by atoms with van der Waals surface area (Å²) in [5.74, 6) is -0.0534. The maximum atomic E-state index is 12.5. The molecule has 1 saturated heterocycles. The highest BCUT2D eigenvalue weighted by atomic mass is 35.5. The summed E-state index contributed by atoms with van der Waals surface area (Å²) < 4.78 is 0. The third kappa shape index (κ3) is 4.68. The third-order valence-corrected chi connectivity index (χ3v) is 6.23. The summed E-state index contributed by atoms with van der Waals surface area (Å²) in [5.41, 5.74) is 2.08. The Morgan fingerprint density at radius 1 is 1.00 bits per heavy atom. The topological polar surface area (TPSA) is 52.7 Å². The highest BCUT2D eigenvalue weighted by Crippen LogP contribution is 2.49. The Bertz CT molecular complexity index is 912. The van der Waals surface area contributed by atoms with E-state index in [0.29, 0.717) is 23.1 Å². The number of benzene rings is 2. The van der Waals surface area contributed by atoms with Crippen LogP contribution < -0.4 is 10.2 Å². The van der Waals surface area contributed by atoms with Gasteiger partial charge in [-0.2, -0.15) is 0 Å². The van der Waals surface area contributed by atoms with Gasteiger partial charge in [0.2, 0.25) is 11.8 Å². The van der Waals surface area contributed by atoms with Crippen molar-refractivity contribution < 1.29 is 9.59 Å². The highest BCUT2D eigenvalue weighted by molar-refractivity contribution is 6.31. The molecule has 1 aliphatic heterocycles. The van der Waals surface area contributed by atoms with E-state index in [1.807, 2.05) is 48.5 Å². The van der Waals surface area contributed by atoms with Gasteiger partial charge in [-0.25, -0.2) is 0 Å². The second kappa shape index (κ2) is 8.64. The number of piperazine rings is 1. The number of hydrogen-bond acceptors (Lipinski definition) is 3. The zero-order valence-corrected chi connectivity index (χ0v) is 17.5. The smallest absolute Gasteiger partial charge is 0.242 e. The fraction of sp³-hybridized carbons (Fsp3) is 0.364. The predicted molar refractivity (Wildman–Crippen MR) is 116 cm³/mol. The molecule has 1 heterocycles. The van der Waals surface area contributed by atoms with E-state index in [4.69, 9.17) is 23.2 Å². The van der Waals surface area contributed by atoms with Gasteiger partial charge >= 0.3 is 0 Å². The van der Waals surface area contributed by atoms with Crippen molar-refractivity contribution in [1.82, 2.24) is 10.2 Å². The molecule has 0 aromatic heterocycles. The number of amides is 2. The minimum Gasteiger partial charge on any atom is -0.368 e. The van der Waals surface area contributed by atoms with Gasteiger partial charge in [-0.15, -0.1) is 0 Å². The lowest BCUT2D eigenvalue weighted by Gasteiger charge is -2.36. The SMILES string of the molecule is O=C(NCC(=O)N1CCN(c2cccc(Cl)c2)CC1)C1CC1c1ccccc1Cl. The van der Waals surface area contributed by atoms with Crippen molar-refractivity contribution in [3.05, 3.63) is 64.1 Å². The van der Waals surface area contributed by atoms with Crippen LogP contribution in [0.15, 0.2) is 48.5 Å². The van der Waals surface area contributed by atoms with Gasteiger partial charge < -0.3 is 15.1 Å². The summed E-state index contributed by atoms with van der Waals surface area (Å²) >= 11 is 12.3. The molecular weight excluding hydrogens is 409 g/mol. The minimum absolute atomic E-state index is 0.0426. The van der Waals surface area contributed by atoms with Crippen LogP contribution in [0.5, 0.6) is 0 Å². The first-order valence-electron chi connectivity index (χ1n) is 9.83. The molecule has 0 spiro atoms. The number of nitrogens with zero attached hydrogens (tertiary/aromatic N) is 2. The summed E-state index contributed by atoms with van der Waals surface area (Å²) in [5, 5.41) is 4.21. The number of hydrogen-bond donors (Lipinski definition) is 1. The third-order valence-electron chi connectivity index (χ3n) is 5.65. The standard InChI is InChI=1S/C22H23Cl2N3O2/c23-15-4-3-5-16(12-15)26-8-10-27(11-9-26)21(28)14-25-22(29)19-13-18(19)17-6-1-2-7-20(17)24/h1-7,12,18-19H,8-11,13-14H2,(H,25,29). The van der Waals surface area contributed by atoms with Gasteiger partial charge in [0.25, 0.3) is 0 Å². The van der Waals surface area contributed by atoms with E-state index >= 15 is 0 Å². The van der Waals surface area contributed by atoms with Crippen LogP contribution in [-0.2, 0) is 9.59 Å². The number of nitrogens with one attached hydrogen (secondary N) is 1. The van der Waals surface area contributed by atoms with Gasteiger partial charge in [-0.1, -0.05) is 47.5 Å². The summed E-state index contributed by atoms with van der Waals surface area (Å²) in [6, 6.07) is 15.4. The van der Waals surface area contributed by atoms with Gasteiger partial charge in [0, 0.05) is 47.8 Å². The number of halogens is 2. The Morgan fingerprint density at radius 3 is 2.48 bits per heavy atom. The van der Waals surface area contributed by atoms with E-state index in [1.54, 1.807) is 4.90 Å². The van der Waals surface area contributed by atoms with Gasteiger partial charge in [0.05, 0.1) is 6.54 Å². The van der Waals surface area contributed by atoms with Crippen LogP contribution in [0.25, 0.3) is 0 Å².